The summed E-state index contributed by atoms with van der Waals surface area (Å²) in [7, 11) is 0. The molecule has 18 heavy (non-hydrogen) atoms. The molecule has 0 saturated carbocycles. The molecule has 2 rings (SSSR count). The topological polar surface area (TPSA) is 47.0 Å². The van der Waals surface area contributed by atoms with Crippen molar-refractivity contribution in [1.82, 2.24) is 9.59 Å². The first-order valence-electron chi connectivity index (χ1n) is 5.73. The summed E-state index contributed by atoms with van der Waals surface area (Å²) in [5.74, 6) is 0.733. The quantitative estimate of drug-likeness (QED) is 0.880. The van der Waals surface area contributed by atoms with Gasteiger partial charge in [0.15, 0.2) is 0 Å². The Morgan fingerprint density at radius 2 is 2.33 bits per heavy atom. The van der Waals surface area contributed by atoms with Crippen LogP contribution >= 0.6 is 23.1 Å². The van der Waals surface area contributed by atoms with Crippen molar-refractivity contribution in [3.8, 4) is 5.75 Å². The summed E-state index contributed by atoms with van der Waals surface area (Å²) in [6.45, 7) is 3.42. The lowest BCUT2D eigenvalue weighted by atomic mass is 10.3. The summed E-state index contributed by atoms with van der Waals surface area (Å²) in [6, 6.07) is 7.31. The smallest absolute Gasteiger partial charge is 0.136 e. The van der Waals surface area contributed by atoms with E-state index in [1.807, 2.05) is 18.2 Å². The molecule has 1 N–H and O–H groups in total. The molecule has 0 spiro atoms. The molecule has 4 nitrogen and oxygen atoms in total. The Morgan fingerprint density at radius 3 is 3.11 bits per heavy atom. The Kier molecular flexibility index (Phi) is 4.78. The molecule has 0 unspecified atom stereocenters. The number of nitrogens with one attached hydrogen (secondary N) is 1. The molecule has 1 heterocycles. The van der Waals surface area contributed by atoms with Crippen LogP contribution < -0.4 is 10.1 Å². The molecule has 0 atom stereocenters. The highest BCUT2D eigenvalue weighted by Gasteiger charge is 2.08. The second-order valence-corrected chi connectivity index (χ2v) is 4.91. The lowest BCUT2D eigenvalue weighted by molar-refractivity contribution is 0.302. The van der Waals surface area contributed by atoms with E-state index in [1.165, 1.54) is 11.5 Å². The van der Waals surface area contributed by atoms with E-state index < -0.39 is 0 Å². The van der Waals surface area contributed by atoms with Crippen molar-refractivity contribution in [2.75, 3.05) is 11.9 Å². The van der Waals surface area contributed by atoms with Crippen molar-refractivity contribution >= 4 is 28.1 Å². The summed E-state index contributed by atoms with van der Waals surface area (Å²) in [4.78, 5) is 0. The summed E-state index contributed by atoms with van der Waals surface area (Å²) in [5.41, 5.74) is 0.827. The third-order valence-corrected chi connectivity index (χ3v) is 3.22. The maximum absolute atomic E-state index is 5.89. The molecular weight excluding hydrogens is 270 g/mol. The average molecular weight is 284 g/mol. The van der Waals surface area contributed by atoms with Crippen LogP contribution in [0, 0.1) is 0 Å². The zero-order valence-electron chi connectivity index (χ0n) is 10.0. The molecule has 0 amide bonds. The third kappa shape index (κ3) is 3.58. The van der Waals surface area contributed by atoms with E-state index in [-0.39, 0.29) is 0 Å². The molecule has 6 heteroatoms. The number of anilines is 1. The van der Waals surface area contributed by atoms with E-state index >= 15 is 0 Å². The Labute approximate surface area is 115 Å². The molecule has 96 valence electrons. The van der Waals surface area contributed by atoms with E-state index in [9.17, 15) is 0 Å². The number of aromatic nitrogens is 2. The van der Waals surface area contributed by atoms with Gasteiger partial charge in [-0.25, -0.2) is 0 Å². The van der Waals surface area contributed by atoms with Gasteiger partial charge in [0.2, 0.25) is 0 Å². The van der Waals surface area contributed by atoms with Gasteiger partial charge in [-0.2, -0.15) is 0 Å². The highest BCUT2D eigenvalue weighted by Crippen LogP contribution is 2.22. The van der Waals surface area contributed by atoms with E-state index in [0.717, 1.165) is 29.4 Å². The van der Waals surface area contributed by atoms with Gasteiger partial charge < -0.3 is 10.1 Å². The highest BCUT2D eigenvalue weighted by molar-refractivity contribution is 7.10. The van der Waals surface area contributed by atoms with Gasteiger partial charge in [0.1, 0.15) is 23.1 Å². The SMILES string of the molecule is CCCNc1snnc1COc1cccc(Cl)c1. The van der Waals surface area contributed by atoms with Crippen LogP contribution in [0.15, 0.2) is 24.3 Å². The predicted molar refractivity (Wildman–Crippen MR) is 74.5 cm³/mol. The van der Waals surface area contributed by atoms with Gasteiger partial charge in [-0.05, 0) is 24.6 Å². The number of halogens is 1. The van der Waals surface area contributed by atoms with Crippen LogP contribution in [-0.4, -0.2) is 16.1 Å². The Hall–Kier alpha value is -1.33. The number of nitrogens with zero attached hydrogens (tertiary/aromatic N) is 2. The van der Waals surface area contributed by atoms with Gasteiger partial charge in [0.05, 0.1) is 0 Å². The fraction of sp³-hybridized carbons (Fsp3) is 0.333. The van der Waals surface area contributed by atoms with Crippen molar-refractivity contribution in [2.24, 2.45) is 0 Å². The fourth-order valence-corrected chi connectivity index (χ4v) is 2.16. The average Bonchev–Trinajstić information content (AvgIpc) is 2.81. The van der Waals surface area contributed by atoms with Crippen LogP contribution in [-0.2, 0) is 6.61 Å². The summed E-state index contributed by atoms with van der Waals surface area (Å²) in [5, 5.41) is 8.96. The zero-order chi connectivity index (χ0) is 12.8. The van der Waals surface area contributed by atoms with Gasteiger partial charge in [-0.1, -0.05) is 29.1 Å². The van der Waals surface area contributed by atoms with E-state index in [1.54, 1.807) is 6.07 Å². The molecule has 0 bridgehead atoms. The molecule has 1 aromatic heterocycles. The van der Waals surface area contributed by atoms with Gasteiger partial charge in [0.25, 0.3) is 0 Å². The highest BCUT2D eigenvalue weighted by atomic mass is 35.5. The molecule has 0 fully saturated rings. The maximum atomic E-state index is 5.89. The molecule has 0 aliphatic rings. The summed E-state index contributed by atoms with van der Waals surface area (Å²) in [6.07, 6.45) is 1.06. The monoisotopic (exact) mass is 283 g/mol. The van der Waals surface area contributed by atoms with Crippen LogP contribution in [0.1, 0.15) is 19.0 Å². The summed E-state index contributed by atoms with van der Waals surface area (Å²) < 4.78 is 9.56. The first-order valence-corrected chi connectivity index (χ1v) is 6.88. The second kappa shape index (κ2) is 6.56. The molecule has 0 aliphatic carbocycles. The van der Waals surface area contributed by atoms with Crippen LogP contribution in [0.5, 0.6) is 5.75 Å². The normalized spacial score (nSPS) is 10.3. The van der Waals surface area contributed by atoms with Crippen molar-refractivity contribution in [3.05, 3.63) is 35.0 Å². The molecule has 0 saturated heterocycles. The molecule has 0 radical (unpaired) electrons. The van der Waals surface area contributed by atoms with Crippen molar-refractivity contribution in [3.63, 3.8) is 0 Å². The van der Waals surface area contributed by atoms with Crippen LogP contribution in [0.2, 0.25) is 5.02 Å². The minimum absolute atomic E-state index is 0.392. The molecular formula is C12H14ClN3OS. The van der Waals surface area contributed by atoms with Crippen LogP contribution in [0.4, 0.5) is 5.00 Å². The molecule has 1 aromatic carbocycles. The van der Waals surface area contributed by atoms with E-state index in [0.29, 0.717) is 11.6 Å². The number of ether oxygens (including phenoxy) is 1. The largest absolute Gasteiger partial charge is 0.487 e. The van der Waals surface area contributed by atoms with Gasteiger partial charge in [0, 0.05) is 23.1 Å². The minimum atomic E-state index is 0.392. The zero-order valence-corrected chi connectivity index (χ0v) is 11.6. The predicted octanol–water partition coefficient (Wildman–Crippen LogP) is 3.59. The molecule has 0 aliphatic heterocycles. The second-order valence-electron chi connectivity index (χ2n) is 3.72. The molecule has 2 aromatic rings. The Balaban J connectivity index is 1.95. The fourth-order valence-electron chi connectivity index (χ4n) is 1.38. The standard InChI is InChI=1S/C12H14ClN3OS/c1-2-6-14-12-11(15-16-18-12)8-17-10-5-3-4-9(13)7-10/h3-5,7,14H,2,6,8H2,1H3. The van der Waals surface area contributed by atoms with Gasteiger partial charge in [-0.3, -0.25) is 0 Å². The van der Waals surface area contributed by atoms with Crippen molar-refractivity contribution in [2.45, 2.75) is 20.0 Å². The van der Waals surface area contributed by atoms with Gasteiger partial charge >= 0.3 is 0 Å². The lowest BCUT2D eigenvalue weighted by Gasteiger charge is -2.06. The van der Waals surface area contributed by atoms with Crippen LogP contribution in [0.3, 0.4) is 0 Å². The third-order valence-electron chi connectivity index (χ3n) is 2.26. The van der Waals surface area contributed by atoms with Crippen LogP contribution in [0.25, 0.3) is 0 Å². The number of benzene rings is 1. The summed E-state index contributed by atoms with van der Waals surface area (Å²) >= 11 is 7.24. The Morgan fingerprint density at radius 1 is 1.44 bits per heavy atom. The van der Waals surface area contributed by atoms with Crippen molar-refractivity contribution < 1.29 is 4.74 Å². The number of hydrogen-bond donors (Lipinski definition) is 1. The Bertz CT molecular complexity index is 504. The maximum Gasteiger partial charge on any atom is 0.136 e. The first-order chi connectivity index (χ1) is 8.79. The van der Waals surface area contributed by atoms with E-state index in [4.69, 9.17) is 16.3 Å². The minimum Gasteiger partial charge on any atom is -0.487 e. The van der Waals surface area contributed by atoms with Gasteiger partial charge in [-0.15, -0.1) is 5.10 Å². The van der Waals surface area contributed by atoms with E-state index in [2.05, 4.69) is 21.8 Å². The van der Waals surface area contributed by atoms with Crippen molar-refractivity contribution in [1.29, 1.82) is 0 Å². The number of hydrogen-bond acceptors (Lipinski definition) is 5. The number of rotatable bonds is 6. The first kappa shape index (κ1) is 13.1. The lowest BCUT2D eigenvalue weighted by Crippen LogP contribution is -2.03.